The van der Waals surface area contributed by atoms with Crippen LogP contribution in [0.2, 0.25) is 0 Å². The van der Waals surface area contributed by atoms with Crippen LogP contribution < -0.4 is 0 Å². The highest BCUT2D eigenvalue weighted by molar-refractivity contribution is 7.19. The van der Waals surface area contributed by atoms with Crippen molar-refractivity contribution in [3.05, 3.63) is 16.4 Å². The van der Waals surface area contributed by atoms with Crippen LogP contribution in [0.15, 0.2) is 0 Å². The molecule has 1 unspecified atom stereocenters. The molecular weight excluding hydrogens is 340 g/mol. The Kier molecular flexibility index (Phi) is 5.08. The van der Waals surface area contributed by atoms with Crippen molar-refractivity contribution in [3.63, 3.8) is 0 Å². The van der Waals surface area contributed by atoms with E-state index in [1.54, 1.807) is 11.8 Å². The Morgan fingerprint density at radius 3 is 2.80 bits per heavy atom. The monoisotopic (exact) mass is 364 g/mol. The first-order valence-electron chi connectivity index (χ1n) is 8.74. The molecule has 136 valence electrons. The third kappa shape index (κ3) is 3.27. The predicted octanol–water partition coefficient (Wildman–Crippen LogP) is 2.64. The number of piperidine rings is 1. The molecule has 0 bridgehead atoms. The molecule has 0 aromatic carbocycles. The molecule has 2 aromatic rings. The second-order valence-electron chi connectivity index (χ2n) is 6.69. The van der Waals surface area contributed by atoms with Crippen LogP contribution in [0.25, 0.3) is 4.96 Å². The number of nitrogens with zero attached hydrogens (tertiary/aromatic N) is 4. The molecule has 2 aromatic heterocycles. The van der Waals surface area contributed by atoms with Gasteiger partial charge in [-0.3, -0.25) is 14.0 Å². The van der Waals surface area contributed by atoms with Gasteiger partial charge in [-0.2, -0.15) is 0 Å². The molecule has 1 amide bonds. The van der Waals surface area contributed by atoms with Gasteiger partial charge in [-0.05, 0) is 26.7 Å². The highest BCUT2D eigenvalue weighted by atomic mass is 32.1. The van der Waals surface area contributed by atoms with Crippen molar-refractivity contribution in [2.24, 2.45) is 5.92 Å². The molecule has 1 aliphatic heterocycles. The number of aryl methyl sites for hydroxylation is 1. The summed E-state index contributed by atoms with van der Waals surface area (Å²) in [7, 11) is 0. The number of rotatable bonds is 4. The molecule has 1 aliphatic rings. The van der Waals surface area contributed by atoms with E-state index in [2.05, 4.69) is 24.0 Å². The van der Waals surface area contributed by atoms with Gasteiger partial charge in [0.15, 0.2) is 0 Å². The molecule has 3 rings (SSSR count). The lowest BCUT2D eigenvalue weighted by Crippen LogP contribution is -2.42. The third-order valence-corrected chi connectivity index (χ3v) is 5.68. The molecular formula is C17H24N4O3S. The number of carbonyl (C=O) groups is 2. The van der Waals surface area contributed by atoms with Gasteiger partial charge in [-0.1, -0.05) is 25.2 Å². The maximum absolute atomic E-state index is 13.0. The Morgan fingerprint density at radius 2 is 2.12 bits per heavy atom. The number of carbonyl (C=O) groups excluding carboxylic acids is 2. The highest BCUT2D eigenvalue weighted by Crippen LogP contribution is 2.28. The van der Waals surface area contributed by atoms with Crippen LogP contribution in [0.5, 0.6) is 0 Å². The smallest absolute Gasteiger partial charge is 0.310 e. The first-order valence-corrected chi connectivity index (χ1v) is 9.56. The molecule has 0 radical (unpaired) electrons. The second-order valence-corrected chi connectivity index (χ2v) is 7.67. The summed E-state index contributed by atoms with van der Waals surface area (Å²) in [5, 5.41) is 8.42. The molecule has 25 heavy (non-hydrogen) atoms. The molecule has 1 saturated heterocycles. The second kappa shape index (κ2) is 7.11. The summed E-state index contributed by atoms with van der Waals surface area (Å²) in [6.45, 7) is 9.31. The Bertz CT molecular complexity index is 795. The van der Waals surface area contributed by atoms with Crippen LogP contribution in [-0.2, 0) is 9.53 Å². The summed E-state index contributed by atoms with van der Waals surface area (Å²) in [6.07, 6.45) is 1.59. The number of aromatic nitrogens is 3. The third-order valence-electron chi connectivity index (χ3n) is 4.55. The van der Waals surface area contributed by atoms with Crippen LogP contribution in [0, 0.1) is 12.8 Å². The highest BCUT2D eigenvalue weighted by Gasteiger charge is 2.32. The van der Waals surface area contributed by atoms with E-state index in [0.717, 1.165) is 29.3 Å². The van der Waals surface area contributed by atoms with E-state index in [9.17, 15) is 9.59 Å². The maximum Gasteiger partial charge on any atom is 0.310 e. The lowest BCUT2D eigenvalue weighted by atomic mass is 9.98. The topological polar surface area (TPSA) is 76.8 Å². The summed E-state index contributed by atoms with van der Waals surface area (Å²) in [6, 6.07) is 0. The largest absolute Gasteiger partial charge is 0.466 e. The molecule has 0 aliphatic carbocycles. The van der Waals surface area contributed by atoms with Gasteiger partial charge in [0.1, 0.15) is 10.7 Å². The number of ether oxygens (including phenoxy) is 1. The Balaban J connectivity index is 1.84. The minimum absolute atomic E-state index is 0.0308. The van der Waals surface area contributed by atoms with Crippen molar-refractivity contribution in [3.8, 4) is 0 Å². The molecule has 1 fully saturated rings. The number of likely N-dealkylation sites (tertiary alicyclic amines) is 1. The number of esters is 1. The number of hydrogen-bond donors (Lipinski definition) is 0. The van der Waals surface area contributed by atoms with E-state index >= 15 is 0 Å². The first kappa shape index (κ1) is 17.8. The van der Waals surface area contributed by atoms with Crippen LogP contribution in [0.4, 0.5) is 0 Å². The standard InChI is InChI=1S/C17H24N4O3S/c1-5-24-16(23)12-7-6-8-20(9-12)15(22)13-11(4)21-14(10(2)3)18-19-17(21)25-13/h10,12H,5-9H2,1-4H3. The first-order chi connectivity index (χ1) is 11.9. The molecule has 1 atom stereocenters. The van der Waals surface area contributed by atoms with Gasteiger partial charge < -0.3 is 9.64 Å². The Labute approximate surface area is 151 Å². The van der Waals surface area contributed by atoms with Crippen LogP contribution in [0.3, 0.4) is 0 Å². The molecule has 0 N–H and O–H groups in total. The lowest BCUT2D eigenvalue weighted by molar-refractivity contribution is -0.149. The minimum atomic E-state index is -0.227. The van der Waals surface area contributed by atoms with Crippen molar-refractivity contribution in [1.82, 2.24) is 19.5 Å². The lowest BCUT2D eigenvalue weighted by Gasteiger charge is -2.31. The molecule has 7 nitrogen and oxygen atoms in total. The van der Waals surface area contributed by atoms with E-state index in [1.807, 2.05) is 11.3 Å². The molecule has 0 spiro atoms. The van der Waals surface area contributed by atoms with Crippen molar-refractivity contribution in [2.45, 2.75) is 46.5 Å². The molecule has 8 heteroatoms. The Hall–Kier alpha value is -1.96. The molecule has 3 heterocycles. The number of amides is 1. The van der Waals surface area contributed by atoms with E-state index in [4.69, 9.17) is 4.74 Å². The van der Waals surface area contributed by atoms with Crippen molar-refractivity contribution < 1.29 is 14.3 Å². The minimum Gasteiger partial charge on any atom is -0.466 e. The van der Waals surface area contributed by atoms with Crippen LogP contribution >= 0.6 is 11.3 Å². The van der Waals surface area contributed by atoms with Crippen LogP contribution in [-0.4, -0.2) is 51.1 Å². The van der Waals surface area contributed by atoms with Crippen molar-refractivity contribution >= 4 is 28.2 Å². The van der Waals surface area contributed by atoms with Crippen molar-refractivity contribution in [2.75, 3.05) is 19.7 Å². The zero-order chi connectivity index (χ0) is 18.1. The van der Waals surface area contributed by atoms with Gasteiger partial charge in [-0.25, -0.2) is 0 Å². The van der Waals surface area contributed by atoms with E-state index in [-0.39, 0.29) is 23.7 Å². The average Bonchev–Trinajstić information content (AvgIpc) is 3.15. The number of fused-ring (bicyclic) bond motifs is 1. The molecule has 0 saturated carbocycles. The Morgan fingerprint density at radius 1 is 1.36 bits per heavy atom. The van der Waals surface area contributed by atoms with E-state index in [1.165, 1.54) is 11.3 Å². The fourth-order valence-corrected chi connectivity index (χ4v) is 4.30. The fraction of sp³-hybridized carbons (Fsp3) is 0.647. The average molecular weight is 364 g/mol. The maximum atomic E-state index is 13.0. The predicted molar refractivity (Wildman–Crippen MR) is 95.0 cm³/mol. The summed E-state index contributed by atoms with van der Waals surface area (Å²) in [5.74, 6) is 0.635. The normalized spacial score (nSPS) is 18.1. The zero-order valence-electron chi connectivity index (χ0n) is 15.1. The van der Waals surface area contributed by atoms with Gasteiger partial charge in [-0.15, -0.1) is 10.2 Å². The van der Waals surface area contributed by atoms with E-state index < -0.39 is 0 Å². The fourth-order valence-electron chi connectivity index (χ4n) is 3.26. The van der Waals surface area contributed by atoms with Gasteiger partial charge in [0, 0.05) is 24.7 Å². The zero-order valence-corrected chi connectivity index (χ0v) is 15.9. The quantitative estimate of drug-likeness (QED) is 0.780. The summed E-state index contributed by atoms with van der Waals surface area (Å²) in [5.41, 5.74) is 0.872. The van der Waals surface area contributed by atoms with Crippen molar-refractivity contribution in [1.29, 1.82) is 0 Å². The van der Waals surface area contributed by atoms with Crippen LogP contribution in [0.1, 0.15) is 60.7 Å². The number of hydrogen-bond acceptors (Lipinski definition) is 6. The summed E-state index contributed by atoms with van der Waals surface area (Å²) < 4.78 is 7.09. The van der Waals surface area contributed by atoms with E-state index in [0.29, 0.717) is 24.6 Å². The van der Waals surface area contributed by atoms with Gasteiger partial charge in [0.2, 0.25) is 4.96 Å². The van der Waals surface area contributed by atoms with Gasteiger partial charge >= 0.3 is 5.97 Å². The SMILES string of the molecule is CCOC(=O)C1CCCN(C(=O)c2sc3nnc(C(C)C)n3c2C)C1. The summed E-state index contributed by atoms with van der Waals surface area (Å²) >= 11 is 1.37. The van der Waals surface area contributed by atoms with Gasteiger partial charge in [0.25, 0.3) is 5.91 Å². The summed E-state index contributed by atoms with van der Waals surface area (Å²) in [4.78, 5) is 28.2. The number of thiazole rings is 1. The van der Waals surface area contributed by atoms with Gasteiger partial charge in [0.05, 0.1) is 12.5 Å².